The van der Waals surface area contributed by atoms with Crippen molar-refractivity contribution < 1.29 is 5.11 Å². The SMILES string of the molecule is Cc1ccc(O)c([C@@H]2C=CCC2)c1. The van der Waals surface area contributed by atoms with Crippen molar-refractivity contribution >= 4 is 0 Å². The number of aryl methyl sites for hydroxylation is 1. The van der Waals surface area contributed by atoms with Gasteiger partial charge in [0.15, 0.2) is 0 Å². The number of benzene rings is 1. The monoisotopic (exact) mass is 174 g/mol. The van der Waals surface area contributed by atoms with E-state index in [1.165, 1.54) is 5.56 Å². The molecule has 1 aliphatic carbocycles. The molecule has 0 fully saturated rings. The second kappa shape index (κ2) is 3.25. The highest BCUT2D eigenvalue weighted by molar-refractivity contribution is 5.41. The summed E-state index contributed by atoms with van der Waals surface area (Å²) in [4.78, 5) is 0. The summed E-state index contributed by atoms with van der Waals surface area (Å²) in [6, 6.07) is 5.81. The summed E-state index contributed by atoms with van der Waals surface area (Å²) >= 11 is 0. The lowest BCUT2D eigenvalue weighted by atomic mass is 9.96. The predicted octanol–water partition coefficient (Wildman–Crippen LogP) is 3.13. The van der Waals surface area contributed by atoms with Crippen LogP contribution in [0.4, 0.5) is 0 Å². The Morgan fingerprint density at radius 1 is 1.38 bits per heavy atom. The van der Waals surface area contributed by atoms with E-state index in [0.29, 0.717) is 11.7 Å². The van der Waals surface area contributed by atoms with E-state index in [0.717, 1.165) is 18.4 Å². The Balaban J connectivity index is 2.37. The smallest absolute Gasteiger partial charge is 0.119 e. The molecule has 0 aliphatic heterocycles. The standard InChI is InChI=1S/C12H14O/c1-9-6-7-12(13)11(8-9)10-4-2-3-5-10/h2,4,6-8,10,13H,3,5H2,1H3/t10-/m1/s1. The molecule has 13 heavy (non-hydrogen) atoms. The fraction of sp³-hybridized carbons (Fsp3) is 0.333. The molecule has 1 nitrogen and oxygen atoms in total. The maximum Gasteiger partial charge on any atom is 0.119 e. The van der Waals surface area contributed by atoms with Crippen molar-refractivity contribution in [3.63, 3.8) is 0 Å². The topological polar surface area (TPSA) is 20.2 Å². The van der Waals surface area contributed by atoms with Gasteiger partial charge >= 0.3 is 0 Å². The van der Waals surface area contributed by atoms with Crippen molar-refractivity contribution in [2.75, 3.05) is 0 Å². The number of aromatic hydroxyl groups is 1. The van der Waals surface area contributed by atoms with E-state index in [9.17, 15) is 5.11 Å². The van der Waals surface area contributed by atoms with Crippen LogP contribution in [0.3, 0.4) is 0 Å². The van der Waals surface area contributed by atoms with Crippen molar-refractivity contribution in [1.82, 2.24) is 0 Å². The molecular weight excluding hydrogens is 160 g/mol. The molecule has 0 amide bonds. The lowest BCUT2D eigenvalue weighted by Gasteiger charge is -2.10. The number of hydrogen-bond donors (Lipinski definition) is 1. The minimum Gasteiger partial charge on any atom is -0.508 e. The molecular formula is C12H14O. The minimum absolute atomic E-state index is 0.430. The molecule has 0 saturated heterocycles. The van der Waals surface area contributed by atoms with E-state index in [1.807, 2.05) is 6.07 Å². The first kappa shape index (κ1) is 8.36. The van der Waals surface area contributed by atoms with Gasteiger partial charge in [-0.2, -0.15) is 0 Å². The second-order valence-electron chi connectivity index (χ2n) is 3.67. The molecule has 1 N–H and O–H groups in total. The molecule has 0 heterocycles. The largest absolute Gasteiger partial charge is 0.508 e. The van der Waals surface area contributed by atoms with Crippen LogP contribution >= 0.6 is 0 Å². The van der Waals surface area contributed by atoms with Gasteiger partial charge in [0.05, 0.1) is 0 Å². The molecule has 68 valence electrons. The molecule has 1 atom stereocenters. The molecule has 1 heteroatoms. The molecule has 1 aliphatic rings. The Morgan fingerprint density at radius 2 is 2.23 bits per heavy atom. The Hall–Kier alpha value is -1.24. The van der Waals surface area contributed by atoms with Crippen LogP contribution in [0.2, 0.25) is 0 Å². The summed E-state index contributed by atoms with van der Waals surface area (Å²) in [6.45, 7) is 2.06. The lowest BCUT2D eigenvalue weighted by molar-refractivity contribution is 0.464. The van der Waals surface area contributed by atoms with Crippen LogP contribution in [-0.4, -0.2) is 5.11 Å². The van der Waals surface area contributed by atoms with E-state index >= 15 is 0 Å². The molecule has 0 saturated carbocycles. The highest BCUT2D eigenvalue weighted by Crippen LogP contribution is 2.34. The third kappa shape index (κ3) is 1.59. The number of phenols is 1. The van der Waals surface area contributed by atoms with Crippen molar-refractivity contribution in [2.45, 2.75) is 25.7 Å². The molecule has 1 aromatic rings. The Bertz CT molecular complexity index is 339. The quantitative estimate of drug-likeness (QED) is 0.648. The van der Waals surface area contributed by atoms with Crippen LogP contribution < -0.4 is 0 Å². The molecule has 2 rings (SSSR count). The average Bonchev–Trinajstić information content (AvgIpc) is 2.61. The van der Waals surface area contributed by atoms with Crippen LogP contribution in [0.25, 0.3) is 0 Å². The summed E-state index contributed by atoms with van der Waals surface area (Å²) in [5.41, 5.74) is 2.29. The van der Waals surface area contributed by atoms with Gasteiger partial charge in [-0.25, -0.2) is 0 Å². The molecule has 0 unspecified atom stereocenters. The van der Waals surface area contributed by atoms with Gasteiger partial charge in [-0.15, -0.1) is 0 Å². The molecule has 1 aromatic carbocycles. The van der Waals surface area contributed by atoms with Crippen LogP contribution in [0.5, 0.6) is 5.75 Å². The zero-order chi connectivity index (χ0) is 9.26. The maximum atomic E-state index is 9.66. The zero-order valence-electron chi connectivity index (χ0n) is 7.83. The van der Waals surface area contributed by atoms with Gasteiger partial charge in [-0.1, -0.05) is 29.8 Å². The predicted molar refractivity (Wildman–Crippen MR) is 54.0 cm³/mol. The van der Waals surface area contributed by atoms with Gasteiger partial charge in [-0.3, -0.25) is 0 Å². The third-order valence-corrected chi connectivity index (χ3v) is 2.60. The molecule has 0 radical (unpaired) electrons. The normalized spacial score (nSPS) is 20.8. The Labute approximate surface area is 78.7 Å². The van der Waals surface area contributed by atoms with Gasteiger partial charge in [0, 0.05) is 11.5 Å². The minimum atomic E-state index is 0.430. The van der Waals surface area contributed by atoms with E-state index in [2.05, 4.69) is 25.1 Å². The van der Waals surface area contributed by atoms with Crippen molar-refractivity contribution in [3.8, 4) is 5.75 Å². The van der Waals surface area contributed by atoms with Gasteiger partial charge in [0.25, 0.3) is 0 Å². The van der Waals surface area contributed by atoms with Crippen molar-refractivity contribution in [1.29, 1.82) is 0 Å². The summed E-state index contributed by atoms with van der Waals surface area (Å²) in [5, 5.41) is 9.66. The summed E-state index contributed by atoms with van der Waals surface area (Å²) < 4.78 is 0. The van der Waals surface area contributed by atoms with Crippen LogP contribution in [-0.2, 0) is 0 Å². The number of hydrogen-bond acceptors (Lipinski definition) is 1. The van der Waals surface area contributed by atoms with Crippen LogP contribution in [0.1, 0.15) is 29.9 Å². The first-order valence-electron chi connectivity index (χ1n) is 4.73. The van der Waals surface area contributed by atoms with Crippen molar-refractivity contribution in [2.24, 2.45) is 0 Å². The zero-order valence-corrected chi connectivity index (χ0v) is 7.83. The van der Waals surface area contributed by atoms with Gasteiger partial charge in [0.1, 0.15) is 5.75 Å². The Kier molecular flexibility index (Phi) is 2.09. The van der Waals surface area contributed by atoms with Gasteiger partial charge < -0.3 is 5.11 Å². The number of allylic oxidation sites excluding steroid dienone is 2. The fourth-order valence-corrected chi connectivity index (χ4v) is 1.86. The first-order valence-corrected chi connectivity index (χ1v) is 4.73. The maximum absolute atomic E-state index is 9.66. The van der Waals surface area contributed by atoms with E-state index in [-0.39, 0.29) is 0 Å². The van der Waals surface area contributed by atoms with E-state index in [4.69, 9.17) is 0 Å². The first-order chi connectivity index (χ1) is 6.27. The highest BCUT2D eigenvalue weighted by atomic mass is 16.3. The van der Waals surface area contributed by atoms with Gasteiger partial charge in [0.2, 0.25) is 0 Å². The second-order valence-corrected chi connectivity index (χ2v) is 3.67. The lowest BCUT2D eigenvalue weighted by Crippen LogP contribution is -1.92. The van der Waals surface area contributed by atoms with Crippen LogP contribution in [0.15, 0.2) is 30.4 Å². The summed E-state index contributed by atoms with van der Waals surface area (Å²) in [7, 11) is 0. The number of rotatable bonds is 1. The molecule has 0 bridgehead atoms. The summed E-state index contributed by atoms with van der Waals surface area (Å²) in [5.74, 6) is 0.863. The van der Waals surface area contributed by atoms with E-state index in [1.54, 1.807) is 6.07 Å². The average molecular weight is 174 g/mol. The van der Waals surface area contributed by atoms with Crippen molar-refractivity contribution in [3.05, 3.63) is 41.5 Å². The highest BCUT2D eigenvalue weighted by Gasteiger charge is 2.14. The summed E-state index contributed by atoms with van der Waals surface area (Å²) in [6.07, 6.45) is 6.65. The molecule has 0 spiro atoms. The Morgan fingerprint density at radius 3 is 2.92 bits per heavy atom. The number of phenolic OH excluding ortho intramolecular Hbond substituents is 1. The molecule has 0 aromatic heterocycles. The van der Waals surface area contributed by atoms with Gasteiger partial charge in [-0.05, 0) is 25.8 Å². The van der Waals surface area contributed by atoms with E-state index < -0.39 is 0 Å². The third-order valence-electron chi connectivity index (χ3n) is 2.60. The van der Waals surface area contributed by atoms with Crippen LogP contribution in [0, 0.1) is 6.92 Å². The fourth-order valence-electron chi connectivity index (χ4n) is 1.86.